The molecule has 0 amide bonds. The van der Waals surface area contributed by atoms with Gasteiger partial charge in [-0.3, -0.25) is 0 Å². The molecule has 0 radical (unpaired) electrons. The van der Waals surface area contributed by atoms with Gasteiger partial charge in [-0.25, -0.2) is 0 Å². The lowest BCUT2D eigenvalue weighted by Crippen LogP contribution is -2.30. The molecule has 0 saturated heterocycles. The molecule has 1 unspecified atom stereocenters. The Morgan fingerprint density at radius 1 is 0.778 bits per heavy atom. The summed E-state index contributed by atoms with van der Waals surface area (Å²) in [6.45, 7) is 8.65. The van der Waals surface area contributed by atoms with Gasteiger partial charge in [-0.05, 0) is 34.7 Å². The zero-order valence-electron chi connectivity index (χ0n) is 16.3. The molecular weight excluding hydrogens is 367 g/mol. The maximum atomic E-state index is 14.7. The molecule has 0 bridgehead atoms. The topological polar surface area (TPSA) is 17.1 Å². The summed E-state index contributed by atoms with van der Waals surface area (Å²) < 4.78 is 14.7. The number of rotatable bonds is 3. The van der Waals surface area contributed by atoms with E-state index in [0.29, 0.717) is 5.92 Å². The molecule has 0 spiro atoms. The number of hydrogen-bond acceptors (Lipinski definition) is 2. The van der Waals surface area contributed by atoms with E-state index in [1.165, 1.54) is 16.7 Å². The Hall–Kier alpha value is -1.76. The van der Waals surface area contributed by atoms with Crippen molar-refractivity contribution in [3.8, 4) is 11.1 Å². The van der Waals surface area contributed by atoms with E-state index >= 15 is 0 Å². The van der Waals surface area contributed by atoms with Crippen molar-refractivity contribution in [2.75, 3.05) is 0 Å². The smallest absolute Gasteiger partial charge is 0.148 e. The Bertz CT molecular complexity index is 1040. The van der Waals surface area contributed by atoms with E-state index in [2.05, 4.69) is 76.2 Å². The molecular formula is C24H25OPS. The minimum Gasteiger partial charge on any atom is -0.313 e. The number of hydrogen-bond donors (Lipinski definition) is 0. The highest BCUT2D eigenvalue weighted by Gasteiger charge is 2.41. The van der Waals surface area contributed by atoms with Crippen LogP contribution >= 0.6 is 18.9 Å². The van der Waals surface area contributed by atoms with Gasteiger partial charge in [0.25, 0.3) is 0 Å². The van der Waals surface area contributed by atoms with Crippen molar-refractivity contribution in [1.82, 2.24) is 0 Å². The highest BCUT2D eigenvalue weighted by Crippen LogP contribution is 2.58. The first-order valence-electron chi connectivity index (χ1n) is 9.54. The van der Waals surface area contributed by atoms with Gasteiger partial charge in [-0.15, -0.1) is 0 Å². The van der Waals surface area contributed by atoms with E-state index < -0.39 is 7.14 Å². The van der Waals surface area contributed by atoms with Gasteiger partial charge in [0.05, 0.1) is 0 Å². The zero-order chi connectivity index (χ0) is 19.2. The maximum absolute atomic E-state index is 14.7. The van der Waals surface area contributed by atoms with Crippen molar-refractivity contribution in [3.05, 3.63) is 72.3 Å². The molecule has 1 aliphatic rings. The van der Waals surface area contributed by atoms with Crippen LogP contribution in [0.2, 0.25) is 0 Å². The van der Waals surface area contributed by atoms with E-state index in [4.69, 9.17) is 0 Å². The molecule has 0 fully saturated rings. The van der Waals surface area contributed by atoms with E-state index in [-0.39, 0.29) is 5.66 Å². The van der Waals surface area contributed by atoms with Gasteiger partial charge in [0.2, 0.25) is 0 Å². The van der Waals surface area contributed by atoms with Crippen LogP contribution in [0.3, 0.4) is 0 Å². The van der Waals surface area contributed by atoms with Crippen LogP contribution in [0.4, 0.5) is 0 Å². The third-order valence-corrected chi connectivity index (χ3v) is 10.5. The van der Waals surface area contributed by atoms with Crippen LogP contribution in [0.15, 0.2) is 76.5 Å². The second-order valence-corrected chi connectivity index (χ2v) is 12.1. The molecule has 1 heterocycles. The van der Waals surface area contributed by atoms with Crippen LogP contribution in [0, 0.1) is 0 Å². The van der Waals surface area contributed by atoms with Crippen LogP contribution in [0.1, 0.15) is 39.2 Å². The van der Waals surface area contributed by atoms with Crippen LogP contribution in [-0.2, 0) is 4.57 Å². The Labute approximate surface area is 166 Å². The summed E-state index contributed by atoms with van der Waals surface area (Å²) in [6.07, 6.45) is 0. The standard InChI is InChI=1S/C24H25OPS/c1-16(2)19-14-15-22-24(23(19)18-10-6-5-7-11-18)26(25,17(3)4)20-12-8-9-13-21(20)27-22/h5-17H,1-4H3. The molecule has 0 saturated carbocycles. The van der Waals surface area contributed by atoms with Crippen LogP contribution < -0.4 is 10.6 Å². The molecule has 1 atom stereocenters. The zero-order valence-corrected chi connectivity index (χ0v) is 18.0. The first-order valence-corrected chi connectivity index (χ1v) is 12.1. The summed E-state index contributed by atoms with van der Waals surface area (Å²) >= 11 is 1.76. The number of fused-ring (bicyclic) bond motifs is 2. The van der Waals surface area contributed by atoms with Gasteiger partial charge in [-0.2, -0.15) is 0 Å². The lowest BCUT2D eigenvalue weighted by Gasteiger charge is -2.34. The van der Waals surface area contributed by atoms with Crippen molar-refractivity contribution >= 4 is 29.5 Å². The quantitative estimate of drug-likeness (QED) is 0.463. The molecule has 1 nitrogen and oxygen atoms in total. The van der Waals surface area contributed by atoms with Gasteiger partial charge in [-0.1, -0.05) is 94.1 Å². The lowest BCUT2D eigenvalue weighted by molar-refractivity contribution is 0.581. The first kappa shape index (κ1) is 18.6. The fraction of sp³-hybridized carbons (Fsp3) is 0.250. The summed E-state index contributed by atoms with van der Waals surface area (Å²) in [6, 6.07) is 23.2. The molecule has 1 aliphatic heterocycles. The summed E-state index contributed by atoms with van der Waals surface area (Å²) in [5.74, 6) is 0.369. The predicted octanol–water partition coefficient (Wildman–Crippen LogP) is 6.66. The second-order valence-electron chi connectivity index (χ2n) is 7.72. The van der Waals surface area contributed by atoms with Crippen LogP contribution in [0.5, 0.6) is 0 Å². The minimum atomic E-state index is -2.76. The minimum absolute atomic E-state index is 0.0585. The molecule has 0 aliphatic carbocycles. The third-order valence-electron chi connectivity index (χ3n) is 5.36. The third kappa shape index (κ3) is 2.91. The highest BCUT2D eigenvalue weighted by atomic mass is 32.2. The Morgan fingerprint density at radius 3 is 2.11 bits per heavy atom. The fourth-order valence-corrected chi connectivity index (χ4v) is 8.98. The molecule has 138 valence electrons. The van der Waals surface area contributed by atoms with Crippen molar-refractivity contribution < 1.29 is 4.57 Å². The predicted molar refractivity (Wildman–Crippen MR) is 119 cm³/mol. The van der Waals surface area contributed by atoms with Gasteiger partial charge in [0.1, 0.15) is 7.14 Å². The average Bonchev–Trinajstić information content (AvgIpc) is 2.67. The Balaban J connectivity index is 2.13. The summed E-state index contributed by atoms with van der Waals surface area (Å²) in [4.78, 5) is 2.28. The summed E-state index contributed by atoms with van der Waals surface area (Å²) in [5.41, 5.74) is 3.69. The van der Waals surface area contributed by atoms with Crippen molar-refractivity contribution in [3.63, 3.8) is 0 Å². The fourth-order valence-electron chi connectivity index (χ4n) is 3.98. The van der Waals surface area contributed by atoms with E-state index in [1.807, 2.05) is 18.2 Å². The summed E-state index contributed by atoms with van der Waals surface area (Å²) in [7, 11) is -2.76. The largest absolute Gasteiger partial charge is 0.313 e. The van der Waals surface area contributed by atoms with Crippen molar-refractivity contribution in [2.24, 2.45) is 0 Å². The molecule has 4 rings (SSSR count). The first-order chi connectivity index (χ1) is 12.9. The Morgan fingerprint density at radius 2 is 1.44 bits per heavy atom. The van der Waals surface area contributed by atoms with E-state index in [0.717, 1.165) is 20.4 Å². The second kappa shape index (κ2) is 7.00. The van der Waals surface area contributed by atoms with Gasteiger partial charge < -0.3 is 4.57 Å². The molecule has 3 heteroatoms. The van der Waals surface area contributed by atoms with Gasteiger partial charge in [0.15, 0.2) is 0 Å². The van der Waals surface area contributed by atoms with Crippen molar-refractivity contribution in [1.29, 1.82) is 0 Å². The summed E-state index contributed by atoms with van der Waals surface area (Å²) in [5, 5.41) is 2.09. The van der Waals surface area contributed by atoms with Gasteiger partial charge >= 0.3 is 0 Å². The van der Waals surface area contributed by atoms with Gasteiger partial charge in [0, 0.05) is 26.1 Å². The normalized spacial score (nSPS) is 18.4. The van der Waals surface area contributed by atoms with Crippen molar-refractivity contribution in [2.45, 2.75) is 49.1 Å². The average molecular weight is 393 g/mol. The molecule has 0 N–H and O–H groups in total. The van der Waals surface area contributed by atoms with E-state index in [1.54, 1.807) is 11.8 Å². The SMILES string of the molecule is CC(C)c1ccc2c(c1-c1ccccc1)P(=O)(C(C)C)c1ccccc1S2. The lowest BCUT2D eigenvalue weighted by atomic mass is 9.92. The van der Waals surface area contributed by atoms with Crippen LogP contribution in [0.25, 0.3) is 11.1 Å². The monoisotopic (exact) mass is 392 g/mol. The molecule has 3 aromatic carbocycles. The molecule has 3 aromatic rings. The maximum Gasteiger partial charge on any atom is 0.148 e. The number of benzene rings is 3. The Kier molecular flexibility index (Phi) is 4.82. The highest BCUT2D eigenvalue weighted by molar-refractivity contribution is 8.02. The van der Waals surface area contributed by atoms with Crippen LogP contribution in [-0.4, -0.2) is 5.66 Å². The van der Waals surface area contributed by atoms with E-state index in [9.17, 15) is 4.57 Å². The molecule has 0 aromatic heterocycles. The molecule has 27 heavy (non-hydrogen) atoms.